The predicted octanol–water partition coefficient (Wildman–Crippen LogP) is 0.894. The van der Waals surface area contributed by atoms with Gasteiger partial charge in [-0.05, 0) is 17.7 Å². The third kappa shape index (κ3) is 2.54. The first-order valence-electron chi connectivity index (χ1n) is 3.94. The van der Waals surface area contributed by atoms with Crippen molar-refractivity contribution in [1.82, 2.24) is 0 Å². The lowest BCUT2D eigenvalue weighted by molar-refractivity contribution is -0.141. The lowest BCUT2D eigenvalue weighted by atomic mass is 10.0. The molecule has 0 bridgehead atoms. The van der Waals surface area contributed by atoms with Crippen LogP contribution in [0.2, 0.25) is 0 Å². The van der Waals surface area contributed by atoms with E-state index in [-0.39, 0.29) is 0 Å². The molecule has 1 aromatic rings. The summed E-state index contributed by atoms with van der Waals surface area (Å²) in [6, 6.07) is 5.44. The Hall–Kier alpha value is -0.910. The molecule has 0 fully saturated rings. The van der Waals surface area contributed by atoms with Gasteiger partial charge in [-0.2, -0.15) is 0 Å². The molecule has 1 aromatic carbocycles. The Kier molecular flexibility index (Phi) is 3.62. The molecule has 1 rings (SSSR count). The van der Waals surface area contributed by atoms with Crippen molar-refractivity contribution in [3.8, 4) is 0 Å². The van der Waals surface area contributed by atoms with Gasteiger partial charge in [0.2, 0.25) is 0 Å². The van der Waals surface area contributed by atoms with Crippen molar-refractivity contribution >= 4 is 21.9 Å². The number of nitrogens with two attached hydrogens (primary N) is 1. The number of carboxylic acids is 1. The molecule has 14 heavy (non-hydrogen) atoms. The van der Waals surface area contributed by atoms with Crippen LogP contribution >= 0.6 is 15.9 Å². The van der Waals surface area contributed by atoms with Gasteiger partial charge < -0.3 is 15.9 Å². The molecule has 4 N–H and O–H groups in total. The second-order valence-electron chi connectivity index (χ2n) is 2.86. The number of hydrogen-bond acceptors (Lipinski definition) is 3. The molecular formula is C9H10BrNO3. The Morgan fingerprint density at radius 3 is 2.64 bits per heavy atom. The first kappa shape index (κ1) is 11.2. The van der Waals surface area contributed by atoms with Crippen LogP contribution in [-0.4, -0.2) is 22.2 Å². The fourth-order valence-corrected chi connectivity index (χ4v) is 1.45. The third-order valence-electron chi connectivity index (χ3n) is 1.82. The Balaban J connectivity index is 2.89. The van der Waals surface area contributed by atoms with Crippen LogP contribution in [-0.2, 0) is 4.79 Å². The van der Waals surface area contributed by atoms with Crippen LogP contribution in [0.1, 0.15) is 11.7 Å². The summed E-state index contributed by atoms with van der Waals surface area (Å²) in [4.78, 5) is 10.5. The zero-order valence-corrected chi connectivity index (χ0v) is 8.81. The summed E-state index contributed by atoms with van der Waals surface area (Å²) in [5.74, 6) is -1.22. The number of carbonyl (C=O) groups is 1. The van der Waals surface area contributed by atoms with E-state index in [1.54, 1.807) is 24.3 Å². The van der Waals surface area contributed by atoms with Crippen LogP contribution in [0, 0.1) is 0 Å². The molecule has 0 aromatic heterocycles. The van der Waals surface area contributed by atoms with E-state index in [4.69, 9.17) is 10.8 Å². The van der Waals surface area contributed by atoms with Gasteiger partial charge in [0.1, 0.15) is 12.1 Å². The highest BCUT2D eigenvalue weighted by molar-refractivity contribution is 9.10. The summed E-state index contributed by atoms with van der Waals surface area (Å²) in [5, 5.41) is 18.1. The van der Waals surface area contributed by atoms with Crippen LogP contribution in [0.5, 0.6) is 0 Å². The SMILES string of the molecule is N[C@H](C(=O)O)C(O)c1cccc(Br)c1. The first-order valence-corrected chi connectivity index (χ1v) is 4.73. The summed E-state index contributed by atoms with van der Waals surface area (Å²) in [6.45, 7) is 0. The van der Waals surface area contributed by atoms with Crippen molar-refractivity contribution in [2.45, 2.75) is 12.1 Å². The minimum absolute atomic E-state index is 0.481. The molecule has 0 radical (unpaired) electrons. The molecular weight excluding hydrogens is 250 g/mol. The van der Waals surface area contributed by atoms with Crippen molar-refractivity contribution in [2.24, 2.45) is 5.73 Å². The smallest absolute Gasteiger partial charge is 0.323 e. The van der Waals surface area contributed by atoms with Crippen LogP contribution < -0.4 is 5.73 Å². The van der Waals surface area contributed by atoms with E-state index in [2.05, 4.69) is 15.9 Å². The highest BCUT2D eigenvalue weighted by Gasteiger charge is 2.23. The van der Waals surface area contributed by atoms with Gasteiger partial charge in [-0.15, -0.1) is 0 Å². The molecule has 4 nitrogen and oxygen atoms in total. The average Bonchev–Trinajstić information content (AvgIpc) is 2.15. The average molecular weight is 260 g/mol. The summed E-state index contributed by atoms with van der Waals surface area (Å²) in [5.41, 5.74) is 5.76. The number of halogens is 1. The minimum Gasteiger partial charge on any atom is -0.480 e. The molecule has 0 saturated carbocycles. The van der Waals surface area contributed by atoms with Crippen molar-refractivity contribution in [2.75, 3.05) is 0 Å². The number of rotatable bonds is 3. The maximum absolute atomic E-state index is 10.5. The van der Waals surface area contributed by atoms with Crippen molar-refractivity contribution < 1.29 is 15.0 Å². The molecule has 5 heteroatoms. The Morgan fingerprint density at radius 2 is 2.14 bits per heavy atom. The summed E-state index contributed by atoms with van der Waals surface area (Å²) >= 11 is 3.22. The highest BCUT2D eigenvalue weighted by Crippen LogP contribution is 2.19. The molecule has 0 saturated heterocycles. The topological polar surface area (TPSA) is 83.6 Å². The number of aliphatic carboxylic acids is 1. The molecule has 0 amide bonds. The largest absolute Gasteiger partial charge is 0.480 e. The van der Waals surface area contributed by atoms with Gasteiger partial charge in [0.25, 0.3) is 0 Å². The van der Waals surface area contributed by atoms with Gasteiger partial charge >= 0.3 is 5.97 Å². The van der Waals surface area contributed by atoms with E-state index in [1.807, 2.05) is 0 Å². The Bertz CT molecular complexity index is 343. The van der Waals surface area contributed by atoms with Gasteiger partial charge in [0, 0.05) is 4.47 Å². The molecule has 0 aliphatic carbocycles. The first-order chi connectivity index (χ1) is 6.52. The zero-order valence-electron chi connectivity index (χ0n) is 7.22. The maximum atomic E-state index is 10.5. The highest BCUT2D eigenvalue weighted by atomic mass is 79.9. The molecule has 1 unspecified atom stereocenters. The second kappa shape index (κ2) is 4.54. The Labute approximate surface area is 89.5 Å². The summed E-state index contributed by atoms with van der Waals surface area (Å²) in [7, 11) is 0. The van der Waals surface area contributed by atoms with Crippen molar-refractivity contribution in [3.05, 3.63) is 34.3 Å². The van der Waals surface area contributed by atoms with Crippen LogP contribution in [0.3, 0.4) is 0 Å². The molecule has 0 heterocycles. The number of carboxylic acid groups (broad SMARTS) is 1. The minimum atomic E-state index is -1.30. The summed E-state index contributed by atoms with van der Waals surface area (Å²) in [6.07, 6.45) is -1.19. The van der Waals surface area contributed by atoms with Crippen molar-refractivity contribution in [1.29, 1.82) is 0 Å². The fraction of sp³-hybridized carbons (Fsp3) is 0.222. The van der Waals surface area contributed by atoms with Gasteiger partial charge in [0.05, 0.1) is 0 Å². The number of benzene rings is 1. The summed E-state index contributed by atoms with van der Waals surface area (Å²) < 4.78 is 0.770. The van der Waals surface area contributed by atoms with Crippen molar-refractivity contribution in [3.63, 3.8) is 0 Å². The maximum Gasteiger partial charge on any atom is 0.323 e. The van der Waals surface area contributed by atoms with E-state index in [0.29, 0.717) is 5.56 Å². The number of aliphatic hydroxyl groups is 1. The number of aliphatic hydroxyl groups excluding tert-OH is 1. The quantitative estimate of drug-likeness (QED) is 0.753. The van der Waals surface area contributed by atoms with Gasteiger partial charge in [-0.3, -0.25) is 4.79 Å². The monoisotopic (exact) mass is 259 g/mol. The van der Waals surface area contributed by atoms with E-state index < -0.39 is 18.1 Å². The second-order valence-corrected chi connectivity index (χ2v) is 3.78. The third-order valence-corrected chi connectivity index (χ3v) is 2.31. The Morgan fingerprint density at radius 1 is 1.50 bits per heavy atom. The van der Waals surface area contributed by atoms with E-state index >= 15 is 0 Å². The molecule has 0 aliphatic rings. The van der Waals surface area contributed by atoms with Crippen LogP contribution in [0.25, 0.3) is 0 Å². The fourth-order valence-electron chi connectivity index (χ4n) is 1.03. The van der Waals surface area contributed by atoms with E-state index in [9.17, 15) is 9.90 Å². The molecule has 2 atom stereocenters. The van der Waals surface area contributed by atoms with E-state index in [0.717, 1.165) is 4.47 Å². The normalized spacial score (nSPS) is 14.8. The molecule has 76 valence electrons. The van der Waals surface area contributed by atoms with Gasteiger partial charge in [0.15, 0.2) is 0 Å². The predicted molar refractivity (Wildman–Crippen MR) is 54.7 cm³/mol. The van der Waals surface area contributed by atoms with Crippen LogP contribution in [0.4, 0.5) is 0 Å². The molecule has 0 aliphatic heterocycles. The molecule has 0 spiro atoms. The standard InChI is InChI=1S/C9H10BrNO3/c10-6-3-1-2-5(4-6)8(12)7(11)9(13)14/h1-4,7-8,12H,11H2,(H,13,14)/t7-,8?/m0/s1. The van der Waals surface area contributed by atoms with E-state index in [1.165, 1.54) is 0 Å². The number of hydrogen-bond donors (Lipinski definition) is 3. The van der Waals surface area contributed by atoms with Gasteiger partial charge in [-0.25, -0.2) is 0 Å². The van der Waals surface area contributed by atoms with Gasteiger partial charge in [-0.1, -0.05) is 28.1 Å². The lowest BCUT2D eigenvalue weighted by Gasteiger charge is -2.15. The zero-order chi connectivity index (χ0) is 10.7. The van der Waals surface area contributed by atoms with Crippen LogP contribution in [0.15, 0.2) is 28.7 Å². The lowest BCUT2D eigenvalue weighted by Crippen LogP contribution is -2.36.